The van der Waals surface area contributed by atoms with E-state index in [-0.39, 0.29) is 19.8 Å². The molecule has 3 N–H and O–H groups in total. The monoisotopic (exact) mass is 279 g/mol. The van der Waals surface area contributed by atoms with Crippen LogP contribution in [-0.2, 0) is 0 Å². The molecule has 0 amide bonds. The lowest BCUT2D eigenvalue weighted by Gasteiger charge is -2.43. The molecule has 0 aliphatic rings. The molecule has 0 radical (unpaired) electrons. The maximum Gasteiger partial charge on any atom is 0.0731 e. The highest BCUT2D eigenvalue weighted by atomic mass is 31.2. The summed E-state index contributed by atoms with van der Waals surface area (Å²) in [6.07, 6.45) is 0.760. The molecule has 0 spiro atoms. The lowest BCUT2D eigenvalue weighted by Crippen LogP contribution is -2.42. The van der Waals surface area contributed by atoms with Gasteiger partial charge in [-0.2, -0.15) is 0 Å². The highest BCUT2D eigenvalue weighted by Gasteiger charge is 2.52. The third-order valence-electron chi connectivity index (χ3n) is 4.50. The fourth-order valence-electron chi connectivity index (χ4n) is 3.22. The van der Waals surface area contributed by atoms with Crippen molar-refractivity contribution in [3.8, 4) is 0 Å². The quantitative estimate of drug-likeness (QED) is 0.597. The molecule has 110 valence electrons. The maximum atomic E-state index is 9.58. The normalized spacial score (nSPS) is 14.0. The van der Waals surface area contributed by atoms with Crippen molar-refractivity contribution < 1.29 is 15.3 Å². The first kappa shape index (κ1) is 18.3. The predicted octanol–water partition coefficient (Wildman–Crippen LogP) is 2.19. The minimum absolute atomic E-state index is 0.145. The largest absolute Gasteiger partial charge is 0.395 e. The van der Waals surface area contributed by atoms with E-state index in [1.165, 1.54) is 0 Å². The third-order valence-corrected chi connectivity index (χ3v) is 11.5. The van der Waals surface area contributed by atoms with Gasteiger partial charge in [0.05, 0.1) is 48.4 Å². The van der Waals surface area contributed by atoms with Crippen molar-refractivity contribution in [2.24, 2.45) is 5.41 Å². The molecule has 0 aliphatic carbocycles. The third kappa shape index (κ3) is 3.45. The van der Waals surface area contributed by atoms with Crippen LogP contribution in [0.4, 0.5) is 0 Å². The Balaban J connectivity index is 5.47. The highest BCUT2D eigenvalue weighted by molar-refractivity contribution is 7.77. The molecule has 0 saturated carbocycles. The molecular formula is C14H32O3P+. The molecule has 0 atom stereocenters. The van der Waals surface area contributed by atoms with Crippen LogP contribution in [0.15, 0.2) is 0 Å². The Labute approximate surface area is 113 Å². The van der Waals surface area contributed by atoms with E-state index in [9.17, 15) is 15.3 Å². The zero-order chi connectivity index (χ0) is 14.6. The maximum absolute atomic E-state index is 9.58. The van der Waals surface area contributed by atoms with Crippen LogP contribution in [0.2, 0.25) is 0 Å². The Morgan fingerprint density at radius 1 is 0.722 bits per heavy atom. The van der Waals surface area contributed by atoms with Gasteiger partial charge in [-0.3, -0.25) is 0 Å². The first-order chi connectivity index (χ1) is 8.22. The van der Waals surface area contributed by atoms with E-state index in [0.29, 0.717) is 17.0 Å². The van der Waals surface area contributed by atoms with E-state index in [4.69, 9.17) is 0 Å². The van der Waals surface area contributed by atoms with Gasteiger partial charge in [0.25, 0.3) is 0 Å². The first-order valence-corrected chi connectivity index (χ1v) is 9.10. The Bertz CT molecular complexity index is 205. The minimum atomic E-state index is -1.36. The topological polar surface area (TPSA) is 60.7 Å². The van der Waals surface area contributed by atoms with Gasteiger partial charge in [-0.15, -0.1) is 0 Å². The van der Waals surface area contributed by atoms with Crippen LogP contribution in [-0.4, -0.2) is 58.3 Å². The van der Waals surface area contributed by atoms with Crippen LogP contribution in [0.5, 0.6) is 0 Å². The number of hydrogen-bond acceptors (Lipinski definition) is 3. The Kier molecular flexibility index (Phi) is 7.31. The average Bonchev–Trinajstić information content (AvgIpc) is 2.30. The summed E-state index contributed by atoms with van der Waals surface area (Å²) in [6, 6.07) is 0. The van der Waals surface area contributed by atoms with E-state index < -0.39 is 12.7 Å². The Hall–Kier alpha value is 0.310. The number of rotatable bonds is 8. The van der Waals surface area contributed by atoms with Gasteiger partial charge in [-0.1, -0.05) is 0 Å². The fraction of sp³-hybridized carbons (Fsp3) is 1.00. The van der Waals surface area contributed by atoms with E-state index in [2.05, 4.69) is 41.5 Å². The second-order valence-electron chi connectivity index (χ2n) is 6.41. The van der Waals surface area contributed by atoms with Gasteiger partial charge in [-0.05, 0) is 41.5 Å². The zero-order valence-electron chi connectivity index (χ0n) is 12.8. The average molecular weight is 279 g/mol. The summed E-state index contributed by atoms with van der Waals surface area (Å²) in [6.45, 7) is 13.0. The first-order valence-electron chi connectivity index (χ1n) is 6.92. The SMILES string of the molecule is CC(C)[P+](CC(CO)(CO)CO)(C(C)C)C(C)C. The second kappa shape index (κ2) is 7.19. The molecule has 0 aliphatic heterocycles. The predicted molar refractivity (Wildman–Crippen MR) is 80.9 cm³/mol. The Morgan fingerprint density at radius 2 is 1.00 bits per heavy atom. The van der Waals surface area contributed by atoms with Crippen LogP contribution in [0.25, 0.3) is 0 Å². The van der Waals surface area contributed by atoms with Gasteiger partial charge in [0.15, 0.2) is 0 Å². The van der Waals surface area contributed by atoms with E-state index in [0.717, 1.165) is 6.16 Å². The van der Waals surface area contributed by atoms with Gasteiger partial charge >= 0.3 is 0 Å². The summed E-state index contributed by atoms with van der Waals surface area (Å²) in [5.41, 5.74) is 0.900. The van der Waals surface area contributed by atoms with Gasteiger partial charge < -0.3 is 15.3 Å². The van der Waals surface area contributed by atoms with E-state index in [1.807, 2.05) is 0 Å². The second-order valence-corrected chi connectivity index (χ2v) is 11.8. The van der Waals surface area contributed by atoms with Crippen molar-refractivity contribution in [1.29, 1.82) is 0 Å². The summed E-state index contributed by atoms with van der Waals surface area (Å²) in [5.74, 6) is 0. The van der Waals surface area contributed by atoms with Gasteiger partial charge in [0.1, 0.15) is 0 Å². The molecule has 0 heterocycles. The van der Waals surface area contributed by atoms with Crippen LogP contribution in [0.3, 0.4) is 0 Å². The smallest absolute Gasteiger partial charge is 0.0731 e. The van der Waals surface area contributed by atoms with Gasteiger partial charge in [0.2, 0.25) is 0 Å². The summed E-state index contributed by atoms with van der Waals surface area (Å²) < 4.78 is 0. The van der Waals surface area contributed by atoms with Crippen molar-refractivity contribution in [2.75, 3.05) is 26.0 Å². The lowest BCUT2D eigenvalue weighted by molar-refractivity contribution is 0.0222. The van der Waals surface area contributed by atoms with Gasteiger partial charge in [-0.25, -0.2) is 0 Å². The number of aliphatic hydroxyl groups excluding tert-OH is 3. The molecule has 0 unspecified atom stereocenters. The summed E-state index contributed by atoms with van der Waals surface area (Å²) in [5, 5.41) is 28.7. The minimum Gasteiger partial charge on any atom is -0.395 e. The molecule has 0 aromatic heterocycles. The van der Waals surface area contributed by atoms with Gasteiger partial charge in [0, 0.05) is 7.26 Å². The lowest BCUT2D eigenvalue weighted by atomic mass is 9.94. The summed E-state index contributed by atoms with van der Waals surface area (Å²) in [7, 11) is -1.36. The molecule has 0 bridgehead atoms. The van der Waals surface area contributed by atoms with Crippen LogP contribution in [0.1, 0.15) is 41.5 Å². The van der Waals surface area contributed by atoms with Crippen molar-refractivity contribution >= 4 is 7.26 Å². The molecule has 0 aromatic carbocycles. The summed E-state index contributed by atoms with van der Waals surface area (Å²) in [4.78, 5) is 0. The number of aliphatic hydroxyl groups is 3. The highest BCUT2D eigenvalue weighted by Crippen LogP contribution is 2.72. The van der Waals surface area contributed by atoms with Crippen LogP contribution < -0.4 is 0 Å². The molecule has 18 heavy (non-hydrogen) atoms. The summed E-state index contributed by atoms with van der Waals surface area (Å²) >= 11 is 0. The molecule has 0 aromatic rings. The Morgan fingerprint density at radius 3 is 1.17 bits per heavy atom. The van der Waals surface area contributed by atoms with Crippen molar-refractivity contribution in [3.63, 3.8) is 0 Å². The van der Waals surface area contributed by atoms with E-state index >= 15 is 0 Å². The van der Waals surface area contributed by atoms with Crippen molar-refractivity contribution in [1.82, 2.24) is 0 Å². The molecule has 0 saturated heterocycles. The van der Waals surface area contributed by atoms with E-state index in [1.54, 1.807) is 0 Å². The standard InChI is InChI=1S/C14H32O3P/c1-11(2)18(12(3)4,13(5)6)10-14(7-15,8-16)9-17/h11-13,15-17H,7-10H2,1-6H3/q+1. The zero-order valence-corrected chi connectivity index (χ0v) is 13.7. The fourth-order valence-corrected chi connectivity index (χ4v) is 9.35. The molecule has 0 rings (SSSR count). The number of hydrogen-bond donors (Lipinski definition) is 3. The molecular weight excluding hydrogens is 247 g/mol. The van der Waals surface area contributed by atoms with Crippen LogP contribution >= 0.6 is 7.26 Å². The molecule has 0 fully saturated rings. The van der Waals surface area contributed by atoms with Crippen molar-refractivity contribution in [3.05, 3.63) is 0 Å². The molecule has 3 nitrogen and oxygen atoms in total. The van der Waals surface area contributed by atoms with Crippen molar-refractivity contribution in [2.45, 2.75) is 58.5 Å². The molecule has 4 heteroatoms. The van der Waals surface area contributed by atoms with Crippen LogP contribution in [0, 0.1) is 5.41 Å².